The van der Waals surface area contributed by atoms with Crippen molar-refractivity contribution < 1.29 is 16.8 Å². The largest absolute Gasteiger partial charge is 0.247 e. The molecule has 0 N–H and O–H groups in total. The molecule has 0 radical (unpaired) electrons. The first-order chi connectivity index (χ1) is 9.79. The highest BCUT2D eigenvalue weighted by Gasteiger charge is 2.40. The van der Waals surface area contributed by atoms with Crippen LogP contribution in [-0.2, 0) is 19.9 Å². The maximum absolute atomic E-state index is 12.6. The molecule has 2 heterocycles. The fourth-order valence-corrected chi connectivity index (χ4v) is 7.12. The number of sulfonamides is 1. The maximum Gasteiger partial charge on any atom is 0.247 e. The fraction of sp³-hybridized carbons (Fsp3) is 0.600. The Morgan fingerprint density at radius 1 is 1.33 bits per heavy atom. The first kappa shape index (κ1) is 16.9. The van der Waals surface area contributed by atoms with Crippen molar-refractivity contribution in [3.8, 4) is 0 Å². The number of nitrogens with zero attached hydrogens (tertiary/aromatic N) is 3. The van der Waals surface area contributed by atoms with Crippen molar-refractivity contribution in [1.29, 1.82) is 0 Å². The maximum atomic E-state index is 12.6. The van der Waals surface area contributed by atoms with Crippen molar-refractivity contribution in [1.82, 2.24) is 14.3 Å². The van der Waals surface area contributed by atoms with Crippen molar-refractivity contribution >= 4 is 43.2 Å². The lowest BCUT2D eigenvalue weighted by Gasteiger charge is -2.33. The van der Waals surface area contributed by atoms with Gasteiger partial charge in [-0.3, -0.25) is 0 Å². The molecule has 0 amide bonds. The van der Waals surface area contributed by atoms with Gasteiger partial charge < -0.3 is 0 Å². The molecule has 1 aromatic heterocycles. The summed E-state index contributed by atoms with van der Waals surface area (Å²) < 4.78 is 50.5. The number of aromatic nitrogens is 2. The molecule has 1 aliphatic rings. The highest BCUT2D eigenvalue weighted by atomic mass is 35.5. The summed E-state index contributed by atoms with van der Waals surface area (Å²) in [4.78, 5) is 7.13. The van der Waals surface area contributed by atoms with E-state index in [-0.39, 0.29) is 28.2 Å². The zero-order chi connectivity index (χ0) is 15.7. The Bertz CT molecular complexity index is 706. The summed E-state index contributed by atoms with van der Waals surface area (Å²) in [5.74, 6) is 0.661. The topological polar surface area (TPSA) is 97.3 Å². The van der Waals surface area contributed by atoms with Crippen molar-refractivity contribution in [2.75, 3.05) is 23.8 Å². The molecule has 1 atom stereocenters. The summed E-state index contributed by atoms with van der Waals surface area (Å²) in [5, 5.41) is -1.12. The molecule has 21 heavy (non-hydrogen) atoms. The van der Waals surface area contributed by atoms with Crippen LogP contribution in [0, 0.1) is 0 Å². The van der Waals surface area contributed by atoms with Crippen LogP contribution in [0.15, 0.2) is 17.3 Å². The molecule has 0 bridgehead atoms. The second kappa shape index (κ2) is 6.37. The molecule has 7 nitrogen and oxygen atoms in total. The van der Waals surface area contributed by atoms with Crippen LogP contribution in [0.3, 0.4) is 0 Å². The van der Waals surface area contributed by atoms with Gasteiger partial charge in [-0.05, 0) is 11.6 Å². The van der Waals surface area contributed by atoms with E-state index in [1.54, 1.807) is 0 Å². The summed E-state index contributed by atoms with van der Waals surface area (Å²) in [7, 11) is -7.47. The van der Waals surface area contributed by atoms with Crippen LogP contribution < -0.4 is 0 Å². The van der Waals surface area contributed by atoms with E-state index in [9.17, 15) is 16.8 Å². The van der Waals surface area contributed by atoms with Gasteiger partial charge in [0.25, 0.3) is 0 Å². The van der Waals surface area contributed by atoms with E-state index in [1.165, 1.54) is 18.7 Å². The van der Waals surface area contributed by atoms with E-state index in [4.69, 9.17) is 11.6 Å². The molecule has 1 unspecified atom stereocenters. The quantitative estimate of drug-likeness (QED) is 0.716. The minimum atomic E-state index is -3.96. The van der Waals surface area contributed by atoms with Gasteiger partial charge in [-0.2, -0.15) is 16.1 Å². The van der Waals surface area contributed by atoms with Gasteiger partial charge in [-0.15, -0.1) is 0 Å². The van der Waals surface area contributed by atoms with E-state index in [2.05, 4.69) is 9.97 Å². The molecule has 1 fully saturated rings. The second-order valence-corrected chi connectivity index (χ2v) is 10.1. The molecule has 1 aliphatic heterocycles. The van der Waals surface area contributed by atoms with Crippen molar-refractivity contribution in [3.63, 3.8) is 0 Å². The average molecular weight is 372 g/mol. The standard InChI is InChI=1S/C10H14ClN3O4S3/c1-2-20(15,16)9-7-19-4-3-14(9)21(17,18)8-5-12-10(11)13-6-8/h5-6,9H,2-4,7H2,1H3. The Morgan fingerprint density at radius 2 is 1.95 bits per heavy atom. The predicted molar refractivity (Wildman–Crippen MR) is 81.5 cm³/mol. The minimum Gasteiger partial charge on any atom is -0.227 e. The second-order valence-electron chi connectivity index (χ2n) is 4.28. The molecule has 0 aromatic carbocycles. The Labute approximate surface area is 133 Å². The highest BCUT2D eigenvalue weighted by molar-refractivity contribution is 8.01. The number of halogens is 1. The normalized spacial score (nSPS) is 21.3. The lowest BCUT2D eigenvalue weighted by atomic mass is 10.6. The molecule has 0 saturated carbocycles. The predicted octanol–water partition coefficient (Wildman–Crippen LogP) is 0.628. The lowest BCUT2D eigenvalue weighted by Crippen LogP contribution is -2.50. The van der Waals surface area contributed by atoms with Crippen LogP contribution in [0.5, 0.6) is 0 Å². The molecular formula is C10H14ClN3O4S3. The SMILES string of the molecule is CCS(=O)(=O)C1CSCCN1S(=O)(=O)c1cnc(Cl)nc1. The smallest absolute Gasteiger partial charge is 0.227 e. The monoisotopic (exact) mass is 371 g/mol. The Hall–Kier alpha value is -0.420. The molecule has 2 rings (SSSR count). The molecule has 1 aromatic rings. The van der Waals surface area contributed by atoms with Crippen LogP contribution in [0.1, 0.15) is 6.92 Å². The van der Waals surface area contributed by atoms with Crippen molar-refractivity contribution in [3.05, 3.63) is 17.7 Å². The van der Waals surface area contributed by atoms with Crippen LogP contribution in [-0.4, -0.2) is 60.3 Å². The first-order valence-corrected chi connectivity index (χ1v) is 10.8. The molecule has 0 aliphatic carbocycles. The summed E-state index contributed by atoms with van der Waals surface area (Å²) in [6.45, 7) is 1.64. The van der Waals surface area contributed by atoms with E-state index >= 15 is 0 Å². The van der Waals surface area contributed by atoms with Gasteiger partial charge >= 0.3 is 0 Å². The van der Waals surface area contributed by atoms with Gasteiger partial charge in [0.05, 0.1) is 12.4 Å². The molecule has 11 heteroatoms. The summed E-state index contributed by atoms with van der Waals surface area (Å²) >= 11 is 6.97. The molecule has 0 spiro atoms. The number of hydrogen-bond donors (Lipinski definition) is 0. The van der Waals surface area contributed by atoms with Gasteiger partial charge in [-0.1, -0.05) is 6.92 Å². The first-order valence-electron chi connectivity index (χ1n) is 6.07. The van der Waals surface area contributed by atoms with Crippen LogP contribution >= 0.6 is 23.4 Å². The number of hydrogen-bond acceptors (Lipinski definition) is 7. The highest BCUT2D eigenvalue weighted by Crippen LogP contribution is 2.27. The average Bonchev–Trinajstić information content (AvgIpc) is 2.47. The van der Waals surface area contributed by atoms with Crippen LogP contribution in [0.2, 0.25) is 5.28 Å². The van der Waals surface area contributed by atoms with Crippen LogP contribution in [0.4, 0.5) is 0 Å². The zero-order valence-corrected chi connectivity index (χ0v) is 14.3. The van der Waals surface area contributed by atoms with Crippen molar-refractivity contribution in [2.45, 2.75) is 17.2 Å². The van der Waals surface area contributed by atoms with Gasteiger partial charge in [-0.25, -0.2) is 26.8 Å². The number of sulfone groups is 1. The van der Waals surface area contributed by atoms with Gasteiger partial charge in [0.1, 0.15) is 10.3 Å². The third kappa shape index (κ3) is 3.50. The van der Waals surface area contributed by atoms with Crippen molar-refractivity contribution in [2.24, 2.45) is 0 Å². The molecular weight excluding hydrogens is 358 g/mol. The van der Waals surface area contributed by atoms with E-state index in [0.29, 0.717) is 5.75 Å². The minimum absolute atomic E-state index is 0.0686. The third-order valence-electron chi connectivity index (χ3n) is 3.06. The summed E-state index contributed by atoms with van der Waals surface area (Å²) in [6, 6.07) is 0. The summed E-state index contributed by atoms with van der Waals surface area (Å²) in [5.41, 5.74) is 0. The van der Waals surface area contributed by atoms with Gasteiger partial charge in [0.15, 0.2) is 9.84 Å². The van der Waals surface area contributed by atoms with E-state index in [0.717, 1.165) is 16.7 Å². The van der Waals surface area contributed by atoms with Crippen LogP contribution in [0.25, 0.3) is 0 Å². The zero-order valence-electron chi connectivity index (χ0n) is 11.1. The number of thioether (sulfide) groups is 1. The third-order valence-corrected chi connectivity index (χ3v) is 8.54. The number of rotatable bonds is 4. The van der Waals surface area contributed by atoms with Gasteiger partial charge in [0, 0.05) is 23.8 Å². The van der Waals surface area contributed by atoms with E-state index < -0.39 is 25.2 Å². The lowest BCUT2D eigenvalue weighted by molar-refractivity contribution is 0.403. The van der Waals surface area contributed by atoms with Gasteiger partial charge in [0.2, 0.25) is 15.3 Å². The Balaban J connectivity index is 2.43. The Kier molecular flexibility index (Phi) is 5.14. The fourth-order valence-electron chi connectivity index (χ4n) is 1.88. The van der Waals surface area contributed by atoms with E-state index in [1.807, 2.05) is 0 Å². The molecule has 118 valence electrons. The summed E-state index contributed by atoms with van der Waals surface area (Å²) in [6.07, 6.45) is 2.17. The Morgan fingerprint density at radius 3 is 2.52 bits per heavy atom. The molecule has 1 saturated heterocycles.